The fourth-order valence-corrected chi connectivity index (χ4v) is 1.36. The average molecular weight is 224 g/mol. The van der Waals surface area contributed by atoms with E-state index in [1.165, 1.54) is 12.1 Å². The molecule has 0 bridgehead atoms. The molecular weight excluding hydrogens is 210 g/mol. The average Bonchev–Trinajstić information content (AvgIpc) is 2.28. The first-order valence-electron chi connectivity index (χ1n) is 5.22. The van der Waals surface area contributed by atoms with Crippen molar-refractivity contribution >= 4 is 5.69 Å². The number of nitrogens with zero attached hydrogens (tertiary/aromatic N) is 1. The van der Waals surface area contributed by atoms with Crippen LogP contribution in [-0.4, -0.2) is 6.54 Å². The molecule has 1 aromatic rings. The fourth-order valence-electron chi connectivity index (χ4n) is 1.36. The van der Waals surface area contributed by atoms with Gasteiger partial charge in [-0.25, -0.2) is 8.78 Å². The summed E-state index contributed by atoms with van der Waals surface area (Å²) in [6.45, 7) is 2.06. The fraction of sp³-hybridized carbons (Fsp3) is 0.417. The Morgan fingerprint density at radius 2 is 2.06 bits per heavy atom. The van der Waals surface area contributed by atoms with E-state index in [4.69, 9.17) is 5.26 Å². The number of rotatable bonds is 5. The molecule has 0 saturated heterocycles. The highest BCUT2D eigenvalue weighted by Gasteiger charge is 2.10. The van der Waals surface area contributed by atoms with E-state index in [0.717, 1.165) is 12.8 Å². The van der Waals surface area contributed by atoms with Crippen LogP contribution in [0.1, 0.15) is 24.8 Å². The normalized spacial score (nSPS) is 9.88. The topological polar surface area (TPSA) is 35.8 Å². The molecule has 0 aliphatic rings. The van der Waals surface area contributed by atoms with Crippen LogP contribution in [0.5, 0.6) is 0 Å². The van der Waals surface area contributed by atoms with E-state index >= 15 is 0 Å². The van der Waals surface area contributed by atoms with Gasteiger partial charge in [-0.15, -0.1) is 0 Å². The zero-order valence-corrected chi connectivity index (χ0v) is 9.19. The molecule has 0 aliphatic carbocycles. The molecule has 0 aliphatic heterocycles. The van der Waals surface area contributed by atoms with Crippen molar-refractivity contribution in [1.29, 1.82) is 5.26 Å². The van der Waals surface area contributed by atoms with Crippen molar-refractivity contribution in [1.82, 2.24) is 0 Å². The highest BCUT2D eigenvalue weighted by atomic mass is 19.1. The molecule has 16 heavy (non-hydrogen) atoms. The Bertz CT molecular complexity index is 397. The lowest BCUT2D eigenvalue weighted by Gasteiger charge is -2.09. The number of benzene rings is 1. The Balaban J connectivity index is 2.54. The Kier molecular flexibility index (Phi) is 4.71. The first-order valence-corrected chi connectivity index (χ1v) is 5.22. The molecule has 0 unspecified atom stereocenters. The van der Waals surface area contributed by atoms with Gasteiger partial charge < -0.3 is 5.32 Å². The number of hydrogen-bond donors (Lipinski definition) is 1. The quantitative estimate of drug-likeness (QED) is 0.778. The van der Waals surface area contributed by atoms with Crippen LogP contribution in [0.4, 0.5) is 14.5 Å². The van der Waals surface area contributed by atoms with E-state index in [0.29, 0.717) is 18.5 Å². The number of unbranched alkanes of at least 4 members (excludes halogenated alkanes) is 2. The SMILES string of the molecule is Cc1ccc(F)c(NCCCCC#N)c1F. The maximum absolute atomic E-state index is 13.5. The van der Waals surface area contributed by atoms with Crippen molar-refractivity contribution in [2.45, 2.75) is 26.2 Å². The highest BCUT2D eigenvalue weighted by molar-refractivity contribution is 5.48. The molecule has 4 heteroatoms. The molecule has 1 N–H and O–H groups in total. The van der Waals surface area contributed by atoms with Gasteiger partial charge in [0.05, 0.1) is 6.07 Å². The van der Waals surface area contributed by atoms with Crippen LogP contribution in [0.3, 0.4) is 0 Å². The van der Waals surface area contributed by atoms with Gasteiger partial charge in [0.1, 0.15) is 11.5 Å². The largest absolute Gasteiger partial charge is 0.380 e. The van der Waals surface area contributed by atoms with E-state index in [2.05, 4.69) is 5.32 Å². The summed E-state index contributed by atoms with van der Waals surface area (Å²) in [5, 5.41) is 11.0. The smallest absolute Gasteiger partial charge is 0.152 e. The Morgan fingerprint density at radius 3 is 2.75 bits per heavy atom. The van der Waals surface area contributed by atoms with Gasteiger partial charge in [-0.2, -0.15) is 5.26 Å². The molecule has 1 rings (SSSR count). The minimum Gasteiger partial charge on any atom is -0.380 e. The van der Waals surface area contributed by atoms with Crippen molar-refractivity contribution in [2.75, 3.05) is 11.9 Å². The van der Waals surface area contributed by atoms with Gasteiger partial charge in [-0.3, -0.25) is 0 Å². The molecule has 1 aromatic carbocycles. The first kappa shape index (κ1) is 12.4. The van der Waals surface area contributed by atoms with E-state index < -0.39 is 11.6 Å². The zero-order chi connectivity index (χ0) is 12.0. The van der Waals surface area contributed by atoms with E-state index in [1.807, 2.05) is 6.07 Å². The number of nitriles is 1. The maximum atomic E-state index is 13.5. The molecule has 0 saturated carbocycles. The third-order valence-corrected chi connectivity index (χ3v) is 2.30. The molecule has 0 radical (unpaired) electrons. The standard InChI is InChI=1S/C12H14F2N2/c1-9-5-6-10(13)12(11(9)14)16-8-4-2-3-7-15/h5-6,16H,2-4,8H2,1H3. The van der Waals surface area contributed by atoms with Crippen molar-refractivity contribution in [3.63, 3.8) is 0 Å². The van der Waals surface area contributed by atoms with Crippen LogP contribution in [0.15, 0.2) is 12.1 Å². The molecule has 0 aromatic heterocycles. The minimum absolute atomic E-state index is 0.0723. The van der Waals surface area contributed by atoms with Crippen molar-refractivity contribution in [2.24, 2.45) is 0 Å². The second-order valence-corrected chi connectivity index (χ2v) is 3.60. The Hall–Kier alpha value is -1.63. The molecule has 86 valence electrons. The minimum atomic E-state index is -0.580. The van der Waals surface area contributed by atoms with Crippen LogP contribution in [0, 0.1) is 29.9 Å². The summed E-state index contributed by atoms with van der Waals surface area (Å²) in [5.41, 5.74) is 0.345. The summed E-state index contributed by atoms with van der Waals surface area (Å²) in [6.07, 6.45) is 1.93. The van der Waals surface area contributed by atoms with E-state index in [9.17, 15) is 8.78 Å². The summed E-state index contributed by atoms with van der Waals surface area (Å²) in [5.74, 6) is -1.12. The Morgan fingerprint density at radius 1 is 1.31 bits per heavy atom. The molecule has 2 nitrogen and oxygen atoms in total. The van der Waals surface area contributed by atoms with Crippen LogP contribution >= 0.6 is 0 Å². The number of hydrogen-bond acceptors (Lipinski definition) is 2. The van der Waals surface area contributed by atoms with Gasteiger partial charge in [0.2, 0.25) is 0 Å². The van der Waals surface area contributed by atoms with Gasteiger partial charge in [-0.05, 0) is 31.4 Å². The molecule has 0 spiro atoms. The van der Waals surface area contributed by atoms with Gasteiger partial charge >= 0.3 is 0 Å². The number of nitrogens with one attached hydrogen (secondary N) is 1. The summed E-state index contributed by atoms with van der Waals surface area (Å²) in [4.78, 5) is 0. The highest BCUT2D eigenvalue weighted by Crippen LogP contribution is 2.21. The second-order valence-electron chi connectivity index (χ2n) is 3.60. The third-order valence-electron chi connectivity index (χ3n) is 2.30. The van der Waals surface area contributed by atoms with Crippen LogP contribution in [-0.2, 0) is 0 Å². The molecule has 0 amide bonds. The lowest BCUT2D eigenvalue weighted by Crippen LogP contribution is -2.06. The molecule has 0 heterocycles. The lowest BCUT2D eigenvalue weighted by molar-refractivity contribution is 0.581. The van der Waals surface area contributed by atoms with Crippen LogP contribution < -0.4 is 5.32 Å². The van der Waals surface area contributed by atoms with Crippen LogP contribution in [0.2, 0.25) is 0 Å². The van der Waals surface area contributed by atoms with Gasteiger partial charge in [0.25, 0.3) is 0 Å². The van der Waals surface area contributed by atoms with Gasteiger partial charge in [0, 0.05) is 13.0 Å². The maximum Gasteiger partial charge on any atom is 0.152 e. The van der Waals surface area contributed by atoms with Gasteiger partial charge in [0.15, 0.2) is 5.82 Å². The Labute approximate surface area is 93.9 Å². The molecule has 0 fully saturated rings. The monoisotopic (exact) mass is 224 g/mol. The predicted octanol–water partition coefficient (Wildman–Crippen LogP) is 3.38. The van der Waals surface area contributed by atoms with Crippen molar-refractivity contribution in [3.8, 4) is 6.07 Å². The zero-order valence-electron chi connectivity index (χ0n) is 9.19. The summed E-state index contributed by atoms with van der Waals surface area (Å²) < 4.78 is 26.7. The van der Waals surface area contributed by atoms with Gasteiger partial charge in [-0.1, -0.05) is 6.07 Å². The van der Waals surface area contributed by atoms with Crippen molar-refractivity contribution in [3.05, 3.63) is 29.3 Å². The lowest BCUT2D eigenvalue weighted by atomic mass is 10.2. The van der Waals surface area contributed by atoms with E-state index in [-0.39, 0.29) is 5.69 Å². The summed E-state index contributed by atoms with van der Waals surface area (Å²) in [6, 6.07) is 4.68. The van der Waals surface area contributed by atoms with Crippen molar-refractivity contribution < 1.29 is 8.78 Å². The molecular formula is C12H14F2N2. The number of aryl methyl sites for hydroxylation is 1. The number of halogens is 2. The third kappa shape index (κ3) is 3.20. The number of anilines is 1. The molecule has 0 atom stereocenters. The summed E-state index contributed by atoms with van der Waals surface area (Å²) in [7, 11) is 0. The summed E-state index contributed by atoms with van der Waals surface area (Å²) >= 11 is 0. The second kappa shape index (κ2) is 6.06. The predicted molar refractivity (Wildman–Crippen MR) is 59.0 cm³/mol. The first-order chi connectivity index (χ1) is 7.66. The van der Waals surface area contributed by atoms with E-state index in [1.54, 1.807) is 6.92 Å². The van der Waals surface area contributed by atoms with Crippen LogP contribution in [0.25, 0.3) is 0 Å².